The number of nitrogens with zero attached hydrogens (tertiary/aromatic N) is 1. The smallest absolute Gasteiger partial charge is 0.295 e. The van der Waals surface area contributed by atoms with E-state index in [4.69, 9.17) is 9.47 Å². The number of benzene rings is 3. The summed E-state index contributed by atoms with van der Waals surface area (Å²) in [5, 5.41) is 11.4. The van der Waals surface area contributed by atoms with Gasteiger partial charge in [0, 0.05) is 12.1 Å². The lowest BCUT2D eigenvalue weighted by Gasteiger charge is -2.26. The van der Waals surface area contributed by atoms with Crippen molar-refractivity contribution in [3.63, 3.8) is 0 Å². The van der Waals surface area contributed by atoms with Crippen LogP contribution < -0.4 is 9.47 Å². The minimum atomic E-state index is -0.766. The Morgan fingerprint density at radius 3 is 2.42 bits per heavy atom. The van der Waals surface area contributed by atoms with Crippen molar-refractivity contribution in [3.8, 4) is 11.5 Å². The molecular formula is C30H31NO5. The third kappa shape index (κ3) is 4.85. The first-order valence-electron chi connectivity index (χ1n) is 12.1. The normalized spacial score (nSPS) is 16.9. The van der Waals surface area contributed by atoms with E-state index in [2.05, 4.69) is 0 Å². The predicted octanol–water partition coefficient (Wildman–Crippen LogP) is 5.38. The fourth-order valence-electron chi connectivity index (χ4n) is 4.62. The summed E-state index contributed by atoms with van der Waals surface area (Å²) in [5.41, 5.74) is 4.09. The van der Waals surface area contributed by atoms with Gasteiger partial charge in [-0.3, -0.25) is 9.59 Å². The molecule has 0 saturated carbocycles. The zero-order valence-corrected chi connectivity index (χ0v) is 21.1. The highest BCUT2D eigenvalue weighted by molar-refractivity contribution is 6.46. The highest BCUT2D eigenvalue weighted by Crippen LogP contribution is 2.42. The monoisotopic (exact) mass is 485 g/mol. The standard InChI is InChI=1S/C30H31NO5/c1-5-36-24-14-13-22(18-25(24)35-4)27-26(28(32)23-17-19(2)11-12-20(23)3)29(33)30(34)31(27)16-15-21-9-7-6-8-10-21/h6-14,17-18,27,32H,5,15-16H2,1-4H3. The van der Waals surface area contributed by atoms with E-state index >= 15 is 0 Å². The summed E-state index contributed by atoms with van der Waals surface area (Å²) in [6, 6.07) is 20.1. The highest BCUT2D eigenvalue weighted by atomic mass is 16.5. The van der Waals surface area contributed by atoms with Crippen LogP contribution in [0.5, 0.6) is 11.5 Å². The minimum absolute atomic E-state index is 0.0768. The molecule has 6 heteroatoms. The fraction of sp³-hybridized carbons (Fsp3) is 0.267. The molecule has 0 aromatic heterocycles. The molecule has 1 heterocycles. The van der Waals surface area contributed by atoms with Crippen LogP contribution in [0.2, 0.25) is 0 Å². The van der Waals surface area contributed by atoms with E-state index in [1.165, 1.54) is 0 Å². The summed E-state index contributed by atoms with van der Waals surface area (Å²) in [5.74, 6) is -0.432. The number of aliphatic hydroxyl groups is 1. The Morgan fingerprint density at radius 1 is 0.972 bits per heavy atom. The van der Waals surface area contributed by atoms with E-state index < -0.39 is 17.7 Å². The van der Waals surface area contributed by atoms with Crippen molar-refractivity contribution < 1.29 is 24.2 Å². The molecule has 1 aliphatic rings. The lowest BCUT2D eigenvalue weighted by atomic mass is 9.93. The maximum atomic E-state index is 13.4. The average molecular weight is 486 g/mol. The number of hydrogen-bond donors (Lipinski definition) is 1. The number of carbonyl (C=O) groups is 2. The summed E-state index contributed by atoms with van der Waals surface area (Å²) in [6.07, 6.45) is 0.571. The van der Waals surface area contributed by atoms with E-state index in [1.54, 1.807) is 24.1 Å². The van der Waals surface area contributed by atoms with E-state index in [9.17, 15) is 14.7 Å². The Morgan fingerprint density at radius 2 is 1.72 bits per heavy atom. The number of ketones is 1. The van der Waals surface area contributed by atoms with Crippen LogP contribution in [-0.4, -0.2) is 42.0 Å². The van der Waals surface area contributed by atoms with Crippen molar-refractivity contribution >= 4 is 17.4 Å². The van der Waals surface area contributed by atoms with Crippen molar-refractivity contribution in [1.29, 1.82) is 0 Å². The van der Waals surface area contributed by atoms with Gasteiger partial charge < -0.3 is 19.5 Å². The topological polar surface area (TPSA) is 76.1 Å². The molecule has 1 atom stereocenters. The number of likely N-dealkylation sites (tertiary alicyclic amines) is 1. The van der Waals surface area contributed by atoms with Crippen molar-refractivity contribution in [2.24, 2.45) is 0 Å². The molecule has 1 fully saturated rings. The number of aliphatic hydroxyl groups excluding tert-OH is 1. The number of methoxy groups -OCH3 is 1. The second-order valence-electron chi connectivity index (χ2n) is 8.89. The summed E-state index contributed by atoms with van der Waals surface area (Å²) in [6.45, 7) is 6.46. The quantitative estimate of drug-likeness (QED) is 0.264. The molecule has 1 amide bonds. The fourth-order valence-corrected chi connectivity index (χ4v) is 4.62. The Balaban J connectivity index is 1.85. The summed E-state index contributed by atoms with van der Waals surface area (Å²) in [4.78, 5) is 28.2. The molecule has 4 rings (SSSR count). The molecule has 1 saturated heterocycles. The third-order valence-corrected chi connectivity index (χ3v) is 6.48. The van der Waals surface area contributed by atoms with Crippen LogP contribution in [0.25, 0.3) is 5.76 Å². The molecule has 0 bridgehead atoms. The molecule has 6 nitrogen and oxygen atoms in total. The van der Waals surface area contributed by atoms with E-state index in [-0.39, 0.29) is 11.3 Å². The van der Waals surface area contributed by atoms with Crippen LogP contribution in [-0.2, 0) is 16.0 Å². The molecule has 3 aromatic rings. The van der Waals surface area contributed by atoms with E-state index in [1.807, 2.05) is 75.4 Å². The first kappa shape index (κ1) is 25.0. The molecule has 1 aliphatic heterocycles. The highest BCUT2D eigenvalue weighted by Gasteiger charge is 2.46. The first-order chi connectivity index (χ1) is 17.3. The number of Topliss-reactive ketones (excluding diaryl/α,β-unsaturated/α-hetero) is 1. The van der Waals surface area contributed by atoms with Gasteiger partial charge in [0.05, 0.1) is 25.3 Å². The molecule has 0 radical (unpaired) electrons. The molecular weight excluding hydrogens is 454 g/mol. The summed E-state index contributed by atoms with van der Waals surface area (Å²) < 4.78 is 11.2. The second-order valence-corrected chi connectivity index (χ2v) is 8.89. The van der Waals surface area contributed by atoms with E-state index in [0.717, 1.165) is 16.7 Å². The molecule has 1 unspecified atom stereocenters. The molecule has 0 aliphatic carbocycles. The number of amides is 1. The largest absolute Gasteiger partial charge is 0.507 e. The van der Waals surface area contributed by atoms with Gasteiger partial charge in [-0.2, -0.15) is 0 Å². The number of carbonyl (C=O) groups excluding carboxylic acids is 2. The number of ether oxygens (including phenoxy) is 2. The zero-order valence-electron chi connectivity index (χ0n) is 21.1. The van der Waals surface area contributed by atoms with Crippen LogP contribution in [0, 0.1) is 13.8 Å². The molecule has 36 heavy (non-hydrogen) atoms. The van der Waals surface area contributed by atoms with Crippen molar-refractivity contribution in [3.05, 3.63) is 100 Å². The second kappa shape index (κ2) is 10.7. The molecule has 0 spiro atoms. The molecule has 3 aromatic carbocycles. The Hall–Kier alpha value is -4.06. The lowest BCUT2D eigenvalue weighted by Crippen LogP contribution is -2.31. The van der Waals surface area contributed by atoms with Gasteiger partial charge in [-0.1, -0.05) is 54.1 Å². The van der Waals surface area contributed by atoms with Crippen LogP contribution in [0.3, 0.4) is 0 Å². The van der Waals surface area contributed by atoms with Crippen LogP contribution in [0.15, 0.2) is 72.3 Å². The van der Waals surface area contributed by atoms with Gasteiger partial charge in [-0.25, -0.2) is 0 Å². The van der Waals surface area contributed by atoms with Crippen molar-refractivity contribution in [2.75, 3.05) is 20.3 Å². The molecule has 186 valence electrons. The molecule has 1 N–H and O–H groups in total. The van der Waals surface area contributed by atoms with Gasteiger partial charge in [-0.05, 0) is 62.1 Å². The van der Waals surface area contributed by atoms with Gasteiger partial charge in [0.2, 0.25) is 0 Å². The maximum absolute atomic E-state index is 13.4. The van der Waals surface area contributed by atoms with Crippen molar-refractivity contribution in [1.82, 2.24) is 4.90 Å². The maximum Gasteiger partial charge on any atom is 0.295 e. The third-order valence-electron chi connectivity index (χ3n) is 6.48. The summed E-state index contributed by atoms with van der Waals surface area (Å²) >= 11 is 0. The lowest BCUT2D eigenvalue weighted by molar-refractivity contribution is -0.139. The number of hydrogen-bond acceptors (Lipinski definition) is 5. The Bertz CT molecular complexity index is 1310. The Labute approximate surface area is 211 Å². The van der Waals surface area contributed by atoms with Crippen molar-refractivity contribution in [2.45, 2.75) is 33.2 Å². The average Bonchev–Trinajstić information content (AvgIpc) is 3.14. The first-order valence-corrected chi connectivity index (χ1v) is 12.1. The van der Waals surface area contributed by atoms with E-state index in [0.29, 0.717) is 42.2 Å². The van der Waals surface area contributed by atoms with Crippen LogP contribution in [0.1, 0.15) is 40.8 Å². The van der Waals surface area contributed by atoms with Crippen LogP contribution >= 0.6 is 0 Å². The SMILES string of the molecule is CCOc1ccc(C2C(=C(O)c3cc(C)ccc3C)C(=O)C(=O)N2CCc2ccccc2)cc1OC. The predicted molar refractivity (Wildman–Crippen MR) is 139 cm³/mol. The summed E-state index contributed by atoms with van der Waals surface area (Å²) in [7, 11) is 1.55. The minimum Gasteiger partial charge on any atom is -0.507 e. The number of rotatable bonds is 8. The van der Waals surface area contributed by atoms with Gasteiger partial charge in [0.1, 0.15) is 5.76 Å². The van der Waals surface area contributed by atoms with Gasteiger partial charge in [0.15, 0.2) is 11.5 Å². The van der Waals surface area contributed by atoms with Crippen LogP contribution in [0.4, 0.5) is 0 Å². The van der Waals surface area contributed by atoms with Gasteiger partial charge in [-0.15, -0.1) is 0 Å². The van der Waals surface area contributed by atoms with Gasteiger partial charge in [0.25, 0.3) is 11.7 Å². The Kier molecular flexibility index (Phi) is 7.44. The number of aryl methyl sites for hydroxylation is 2. The zero-order chi connectivity index (χ0) is 25.8. The van der Waals surface area contributed by atoms with Gasteiger partial charge >= 0.3 is 0 Å².